The summed E-state index contributed by atoms with van der Waals surface area (Å²) < 4.78 is 0. The van der Waals surface area contributed by atoms with Crippen molar-refractivity contribution in [2.75, 3.05) is 6.54 Å². The summed E-state index contributed by atoms with van der Waals surface area (Å²) >= 11 is 0. The molecule has 1 aromatic carbocycles. The van der Waals surface area contributed by atoms with Crippen molar-refractivity contribution in [3.63, 3.8) is 0 Å². The predicted molar refractivity (Wildman–Crippen MR) is 179 cm³/mol. The summed E-state index contributed by atoms with van der Waals surface area (Å²) in [6, 6.07) is 3.69. The molecule has 3 aliphatic rings. The average molecular weight is 654 g/mol. The molecule has 0 aliphatic heterocycles. The largest absolute Gasteiger partial charge is 0.508 e. The van der Waals surface area contributed by atoms with Crippen LogP contribution in [0.2, 0.25) is 0 Å². The van der Waals surface area contributed by atoms with Crippen molar-refractivity contribution in [3.05, 3.63) is 29.8 Å². The molecule has 0 saturated heterocycles. The Bertz CT molecular complexity index is 1330. The Kier molecular flexibility index (Phi) is 11.0. The number of urea groups is 1. The van der Waals surface area contributed by atoms with Crippen LogP contribution in [0.25, 0.3) is 0 Å². The number of hydrogen-bond acceptors (Lipinski definition) is 6. The molecule has 4 atom stereocenters. The Morgan fingerprint density at radius 3 is 2.09 bits per heavy atom. The van der Waals surface area contributed by atoms with E-state index in [4.69, 9.17) is 5.73 Å². The fraction of sp³-hybridized carbons (Fsp3) is 0.694. The molecule has 3 saturated carbocycles. The number of nitrogens with two attached hydrogens (primary N) is 1. The van der Waals surface area contributed by atoms with Gasteiger partial charge in [0.25, 0.3) is 5.91 Å². The molecule has 2 unspecified atom stereocenters. The lowest BCUT2D eigenvalue weighted by Crippen LogP contribution is -2.63. The van der Waals surface area contributed by atoms with Gasteiger partial charge in [-0.1, -0.05) is 78.9 Å². The number of hydrogen-bond donors (Lipinski definition) is 5. The van der Waals surface area contributed by atoms with Gasteiger partial charge in [0.05, 0.1) is 6.04 Å². The monoisotopic (exact) mass is 653 g/mol. The van der Waals surface area contributed by atoms with Crippen molar-refractivity contribution in [1.82, 2.24) is 20.9 Å². The molecule has 0 aromatic heterocycles. The molecule has 0 radical (unpaired) electrons. The Morgan fingerprint density at radius 2 is 1.60 bits per heavy atom. The number of benzene rings is 1. The molecular formula is C36H55N5O6. The Hall–Kier alpha value is -3.63. The van der Waals surface area contributed by atoms with Crippen LogP contribution in [0.15, 0.2) is 24.3 Å². The number of carbonyl (C=O) groups is 5. The van der Waals surface area contributed by atoms with Crippen LogP contribution in [-0.2, 0) is 25.6 Å². The predicted octanol–water partition coefficient (Wildman–Crippen LogP) is 3.95. The number of amides is 5. The fourth-order valence-corrected chi connectivity index (χ4v) is 7.23. The van der Waals surface area contributed by atoms with Gasteiger partial charge in [0.15, 0.2) is 0 Å². The third-order valence-electron chi connectivity index (χ3n) is 10.4. The SMILES string of the molecule is CCN(C(=O)[C@@H](NC(=O)NC1(Cc2ccc(O)cc2)CCCCC1)C(C)(C)C)[C@H](C(=O)NC(CC1CC1)C(=O)C(N)=O)C1CC1(C)C. The zero-order chi connectivity index (χ0) is 34.7. The highest BCUT2D eigenvalue weighted by molar-refractivity contribution is 6.37. The van der Waals surface area contributed by atoms with Gasteiger partial charge in [-0.3, -0.25) is 19.2 Å². The molecule has 11 nitrogen and oxygen atoms in total. The molecule has 4 rings (SSSR count). The number of nitrogens with one attached hydrogen (secondary N) is 3. The number of phenolic OH excluding ortho intramolecular Hbond substituents is 1. The first kappa shape index (κ1) is 36.2. The van der Waals surface area contributed by atoms with Crippen molar-refractivity contribution < 1.29 is 29.1 Å². The first-order valence-corrected chi connectivity index (χ1v) is 17.3. The number of nitrogens with zero attached hydrogens (tertiary/aromatic N) is 1. The van der Waals surface area contributed by atoms with Crippen LogP contribution in [0.4, 0.5) is 4.79 Å². The van der Waals surface area contributed by atoms with E-state index in [2.05, 4.69) is 16.0 Å². The maximum atomic E-state index is 14.5. The molecule has 3 aliphatic carbocycles. The number of primary amides is 1. The maximum absolute atomic E-state index is 14.5. The van der Waals surface area contributed by atoms with E-state index in [0.717, 1.165) is 50.5 Å². The molecule has 260 valence electrons. The van der Waals surface area contributed by atoms with Gasteiger partial charge in [-0.25, -0.2) is 4.79 Å². The second kappa shape index (κ2) is 14.2. The van der Waals surface area contributed by atoms with Gasteiger partial charge < -0.3 is 31.7 Å². The lowest BCUT2D eigenvalue weighted by molar-refractivity contribution is -0.146. The van der Waals surface area contributed by atoms with Crippen molar-refractivity contribution in [2.45, 2.75) is 129 Å². The minimum atomic E-state index is -1.09. The number of rotatable bonds is 14. The second-order valence-corrected chi connectivity index (χ2v) is 15.9. The summed E-state index contributed by atoms with van der Waals surface area (Å²) in [5.41, 5.74) is 4.92. The van der Waals surface area contributed by atoms with Crippen molar-refractivity contribution in [3.8, 4) is 5.75 Å². The van der Waals surface area contributed by atoms with Gasteiger partial charge in [0.1, 0.15) is 17.8 Å². The highest BCUT2D eigenvalue weighted by Gasteiger charge is 2.56. The molecule has 1 aromatic rings. The average Bonchev–Trinajstić information content (AvgIpc) is 3.92. The van der Waals surface area contributed by atoms with Gasteiger partial charge in [0, 0.05) is 12.1 Å². The molecule has 0 heterocycles. The standard InChI is InChI=1S/C36H55N5O6/c1-7-41(27(25-21-35(25,5)6)31(45)38-26(19-22-11-12-22)28(43)30(37)44)32(46)29(34(2,3)4)39-33(47)40-36(17-9-8-10-18-36)20-23-13-15-24(42)16-14-23/h13-16,22,25-27,29,42H,7-12,17-21H2,1-6H3,(H2,37,44)(H,38,45)(H2,39,40,47)/t25?,26?,27-,29+/m0/s1. The van der Waals surface area contributed by atoms with E-state index in [-0.39, 0.29) is 35.5 Å². The molecule has 0 bridgehead atoms. The van der Waals surface area contributed by atoms with Crippen LogP contribution in [-0.4, -0.2) is 69.8 Å². The summed E-state index contributed by atoms with van der Waals surface area (Å²) in [6.45, 7) is 11.7. The Balaban J connectivity index is 1.56. The highest BCUT2D eigenvalue weighted by Crippen LogP contribution is 2.55. The van der Waals surface area contributed by atoms with Crippen LogP contribution in [0.3, 0.4) is 0 Å². The van der Waals surface area contributed by atoms with Crippen LogP contribution in [0.1, 0.15) is 105 Å². The van der Waals surface area contributed by atoms with Crippen molar-refractivity contribution in [2.24, 2.45) is 28.4 Å². The van der Waals surface area contributed by atoms with Crippen LogP contribution in [0.5, 0.6) is 5.75 Å². The van der Waals surface area contributed by atoms with Gasteiger partial charge in [-0.2, -0.15) is 0 Å². The molecule has 11 heteroatoms. The van der Waals surface area contributed by atoms with E-state index >= 15 is 0 Å². The molecule has 6 N–H and O–H groups in total. The quantitative estimate of drug-likeness (QED) is 0.190. The van der Waals surface area contributed by atoms with Crippen molar-refractivity contribution >= 4 is 29.5 Å². The molecule has 47 heavy (non-hydrogen) atoms. The maximum Gasteiger partial charge on any atom is 0.315 e. The summed E-state index contributed by atoms with van der Waals surface area (Å²) in [5, 5.41) is 18.8. The van der Waals surface area contributed by atoms with Gasteiger partial charge in [0.2, 0.25) is 17.6 Å². The lowest BCUT2D eigenvalue weighted by Gasteiger charge is -2.41. The topological polar surface area (TPSA) is 171 Å². The van der Waals surface area contributed by atoms with Crippen LogP contribution < -0.4 is 21.7 Å². The fourth-order valence-electron chi connectivity index (χ4n) is 7.23. The molecular weight excluding hydrogens is 598 g/mol. The Labute approximate surface area is 279 Å². The van der Waals surface area contributed by atoms with E-state index in [9.17, 15) is 29.1 Å². The van der Waals surface area contributed by atoms with E-state index in [1.54, 1.807) is 19.1 Å². The van der Waals surface area contributed by atoms with E-state index in [0.29, 0.717) is 19.3 Å². The van der Waals surface area contributed by atoms with Crippen LogP contribution in [0, 0.1) is 22.7 Å². The third-order valence-corrected chi connectivity index (χ3v) is 10.4. The Morgan fingerprint density at radius 1 is 1.00 bits per heavy atom. The minimum absolute atomic E-state index is 0.165. The first-order chi connectivity index (χ1) is 22.0. The van der Waals surface area contributed by atoms with Crippen LogP contribution >= 0.6 is 0 Å². The normalized spacial score (nSPS) is 21.8. The van der Waals surface area contributed by atoms with Gasteiger partial charge >= 0.3 is 6.03 Å². The number of carbonyl (C=O) groups excluding carboxylic acids is 5. The van der Waals surface area contributed by atoms with Gasteiger partial charge in [-0.05, 0) is 79.4 Å². The van der Waals surface area contributed by atoms with E-state index in [1.165, 1.54) is 4.90 Å². The highest BCUT2D eigenvalue weighted by atomic mass is 16.3. The van der Waals surface area contributed by atoms with Gasteiger partial charge in [-0.15, -0.1) is 0 Å². The number of ketones is 1. The minimum Gasteiger partial charge on any atom is -0.508 e. The molecule has 0 spiro atoms. The van der Waals surface area contributed by atoms with E-state index < -0.39 is 52.7 Å². The lowest BCUT2D eigenvalue weighted by atomic mass is 9.77. The molecule has 3 fully saturated rings. The van der Waals surface area contributed by atoms with E-state index in [1.807, 2.05) is 46.8 Å². The third kappa shape index (κ3) is 9.26. The number of aromatic hydroxyl groups is 1. The smallest absolute Gasteiger partial charge is 0.315 e. The zero-order valence-corrected chi connectivity index (χ0v) is 29.0. The summed E-state index contributed by atoms with van der Waals surface area (Å²) in [5.74, 6) is -2.52. The number of Topliss-reactive ketones (excluding diaryl/α,β-unsaturated/α-hetero) is 1. The zero-order valence-electron chi connectivity index (χ0n) is 29.0. The molecule has 5 amide bonds. The van der Waals surface area contributed by atoms with Crippen molar-refractivity contribution in [1.29, 1.82) is 0 Å². The summed E-state index contributed by atoms with van der Waals surface area (Å²) in [4.78, 5) is 68.4. The summed E-state index contributed by atoms with van der Waals surface area (Å²) in [7, 11) is 0. The first-order valence-electron chi connectivity index (χ1n) is 17.3. The second-order valence-electron chi connectivity index (χ2n) is 15.9. The number of phenols is 1. The summed E-state index contributed by atoms with van der Waals surface area (Å²) in [6.07, 6.45) is 8.11. The number of likely N-dealkylation sites (N-methyl/N-ethyl adjacent to an activating group) is 1.